The summed E-state index contributed by atoms with van der Waals surface area (Å²) in [5.41, 5.74) is 0.581. The van der Waals surface area contributed by atoms with E-state index in [2.05, 4.69) is 9.62 Å². The molecule has 0 spiro atoms. The lowest BCUT2D eigenvalue weighted by atomic mass is 10.2. The molecule has 0 radical (unpaired) electrons. The Balaban J connectivity index is 1.68. The quantitative estimate of drug-likeness (QED) is 0.793. The molecule has 1 aromatic heterocycles. The number of nitrogens with zero attached hydrogens (tertiary/aromatic N) is 1. The van der Waals surface area contributed by atoms with Crippen LogP contribution in [0.2, 0.25) is 5.02 Å². The zero-order valence-corrected chi connectivity index (χ0v) is 15.3. The van der Waals surface area contributed by atoms with E-state index in [0.717, 1.165) is 18.8 Å². The Bertz CT molecular complexity index is 774. The van der Waals surface area contributed by atoms with Crippen molar-refractivity contribution in [2.75, 3.05) is 32.8 Å². The molecular weight excluding hydrogens is 364 g/mol. The largest absolute Gasteiger partial charge is 0.468 e. The standard InChI is InChI=1S/C17H21ClN2O4S/c18-15-5-2-1-4-14(15)13-25(21,22)19-12-16(17-6-3-9-24-17)20-7-10-23-11-8-20/h1-6,9,16,19H,7-8,10-13H2. The van der Waals surface area contributed by atoms with Gasteiger partial charge in [-0.2, -0.15) is 0 Å². The lowest BCUT2D eigenvalue weighted by Gasteiger charge is -2.33. The molecular formula is C17H21ClN2O4S. The number of hydrogen-bond acceptors (Lipinski definition) is 5. The van der Waals surface area contributed by atoms with Crippen molar-refractivity contribution < 1.29 is 17.6 Å². The third-order valence-electron chi connectivity index (χ3n) is 4.16. The van der Waals surface area contributed by atoms with Gasteiger partial charge in [0.05, 0.1) is 31.3 Å². The summed E-state index contributed by atoms with van der Waals surface area (Å²) < 4.78 is 38.5. The van der Waals surface area contributed by atoms with Crippen LogP contribution >= 0.6 is 11.6 Å². The second kappa shape index (κ2) is 8.33. The third kappa shape index (κ3) is 5.05. The Morgan fingerprint density at radius 1 is 1.16 bits per heavy atom. The molecule has 1 aliphatic rings. The van der Waals surface area contributed by atoms with Gasteiger partial charge in [0.25, 0.3) is 0 Å². The molecule has 2 heterocycles. The Hall–Kier alpha value is -1.38. The highest BCUT2D eigenvalue weighted by molar-refractivity contribution is 7.88. The Morgan fingerprint density at radius 2 is 1.92 bits per heavy atom. The van der Waals surface area contributed by atoms with Gasteiger partial charge in [-0.1, -0.05) is 29.8 Å². The van der Waals surface area contributed by atoms with Crippen molar-refractivity contribution in [3.63, 3.8) is 0 Å². The zero-order chi connectivity index (χ0) is 17.7. The second-order valence-corrected chi connectivity index (χ2v) is 8.09. The molecule has 6 nitrogen and oxygen atoms in total. The van der Waals surface area contributed by atoms with Crippen molar-refractivity contribution in [1.82, 2.24) is 9.62 Å². The monoisotopic (exact) mass is 384 g/mol. The van der Waals surface area contributed by atoms with E-state index < -0.39 is 10.0 Å². The molecule has 0 bridgehead atoms. The number of nitrogens with one attached hydrogen (secondary N) is 1. The van der Waals surface area contributed by atoms with Crippen LogP contribution in [0.15, 0.2) is 47.1 Å². The van der Waals surface area contributed by atoms with Crippen molar-refractivity contribution in [3.8, 4) is 0 Å². The number of hydrogen-bond donors (Lipinski definition) is 1. The number of benzene rings is 1. The molecule has 1 saturated heterocycles. The summed E-state index contributed by atoms with van der Waals surface area (Å²) in [4.78, 5) is 2.17. The van der Waals surface area contributed by atoms with Gasteiger partial charge in [0.15, 0.2) is 0 Å². The normalized spacial score (nSPS) is 17.5. The van der Waals surface area contributed by atoms with E-state index >= 15 is 0 Å². The van der Waals surface area contributed by atoms with E-state index in [4.69, 9.17) is 20.8 Å². The Labute approximate surface area is 152 Å². The summed E-state index contributed by atoms with van der Waals surface area (Å²) in [6.07, 6.45) is 1.60. The van der Waals surface area contributed by atoms with E-state index in [1.165, 1.54) is 0 Å². The van der Waals surface area contributed by atoms with Gasteiger partial charge < -0.3 is 9.15 Å². The third-order valence-corrected chi connectivity index (χ3v) is 5.82. The number of rotatable bonds is 7. The SMILES string of the molecule is O=S(=O)(Cc1ccccc1Cl)NCC(c1ccco1)N1CCOCC1. The average Bonchev–Trinajstić information content (AvgIpc) is 3.12. The van der Waals surface area contributed by atoms with Gasteiger partial charge in [-0.25, -0.2) is 13.1 Å². The molecule has 0 aliphatic carbocycles. The highest BCUT2D eigenvalue weighted by Gasteiger charge is 2.26. The van der Waals surface area contributed by atoms with Crippen LogP contribution in [0.25, 0.3) is 0 Å². The summed E-state index contributed by atoms with van der Waals surface area (Å²) in [5.74, 6) is 0.586. The summed E-state index contributed by atoms with van der Waals surface area (Å²) in [5, 5.41) is 0.448. The van der Waals surface area contributed by atoms with Crippen LogP contribution in [-0.2, 0) is 20.5 Å². The number of morpholine rings is 1. The minimum Gasteiger partial charge on any atom is -0.468 e. The second-order valence-electron chi connectivity index (χ2n) is 5.88. The van der Waals surface area contributed by atoms with E-state index in [1.807, 2.05) is 6.07 Å². The first kappa shape index (κ1) is 18.4. The molecule has 3 rings (SSSR count). The zero-order valence-electron chi connectivity index (χ0n) is 13.7. The molecule has 8 heteroatoms. The lowest BCUT2D eigenvalue weighted by molar-refractivity contribution is 0.0128. The van der Waals surface area contributed by atoms with E-state index in [9.17, 15) is 8.42 Å². The van der Waals surface area contributed by atoms with Crippen LogP contribution in [0.5, 0.6) is 0 Å². The molecule has 136 valence electrons. The van der Waals surface area contributed by atoms with Gasteiger partial charge in [-0.15, -0.1) is 0 Å². The van der Waals surface area contributed by atoms with Crippen LogP contribution in [0, 0.1) is 0 Å². The maximum Gasteiger partial charge on any atom is 0.215 e. The number of sulfonamides is 1. The fourth-order valence-corrected chi connectivity index (χ4v) is 4.31. The first-order valence-electron chi connectivity index (χ1n) is 8.11. The van der Waals surface area contributed by atoms with Crippen molar-refractivity contribution >= 4 is 21.6 Å². The van der Waals surface area contributed by atoms with E-state index in [1.54, 1.807) is 36.6 Å². The van der Waals surface area contributed by atoms with Gasteiger partial charge in [0, 0.05) is 24.7 Å². The molecule has 25 heavy (non-hydrogen) atoms. The van der Waals surface area contributed by atoms with Gasteiger partial charge >= 0.3 is 0 Å². The predicted molar refractivity (Wildman–Crippen MR) is 95.9 cm³/mol. The summed E-state index contributed by atoms with van der Waals surface area (Å²) in [6.45, 7) is 2.96. The van der Waals surface area contributed by atoms with E-state index in [0.29, 0.717) is 23.8 Å². The molecule has 0 amide bonds. The fraction of sp³-hybridized carbons (Fsp3) is 0.412. The summed E-state index contributed by atoms with van der Waals surface area (Å²) in [6, 6.07) is 10.5. The average molecular weight is 385 g/mol. The molecule has 2 aromatic rings. The number of ether oxygens (including phenoxy) is 1. The van der Waals surface area contributed by atoms with E-state index in [-0.39, 0.29) is 18.3 Å². The topological polar surface area (TPSA) is 71.8 Å². The highest BCUT2D eigenvalue weighted by atomic mass is 35.5. The summed E-state index contributed by atoms with van der Waals surface area (Å²) >= 11 is 6.07. The fourth-order valence-electron chi connectivity index (χ4n) is 2.86. The van der Waals surface area contributed by atoms with Gasteiger partial charge in [-0.3, -0.25) is 4.90 Å². The molecule has 1 aromatic carbocycles. The van der Waals surface area contributed by atoms with Crippen LogP contribution in [0.4, 0.5) is 0 Å². The number of furan rings is 1. The van der Waals surface area contributed by atoms with Gasteiger partial charge in [0.2, 0.25) is 10.0 Å². The maximum atomic E-state index is 12.5. The van der Waals surface area contributed by atoms with Gasteiger partial charge in [-0.05, 0) is 23.8 Å². The molecule has 1 fully saturated rings. The lowest BCUT2D eigenvalue weighted by Crippen LogP contribution is -2.43. The van der Waals surface area contributed by atoms with Crippen molar-refractivity contribution in [3.05, 3.63) is 59.0 Å². The minimum absolute atomic E-state index is 0.152. The first-order valence-corrected chi connectivity index (χ1v) is 10.1. The molecule has 1 N–H and O–H groups in total. The molecule has 0 saturated carbocycles. The van der Waals surface area contributed by atoms with Crippen molar-refractivity contribution in [2.45, 2.75) is 11.8 Å². The van der Waals surface area contributed by atoms with Crippen molar-refractivity contribution in [1.29, 1.82) is 0 Å². The molecule has 1 aliphatic heterocycles. The number of halogens is 1. The first-order chi connectivity index (χ1) is 12.1. The summed E-state index contributed by atoms with van der Waals surface area (Å²) in [7, 11) is -3.52. The van der Waals surface area contributed by atoms with Crippen LogP contribution in [-0.4, -0.2) is 46.2 Å². The molecule has 1 unspecified atom stereocenters. The predicted octanol–water partition coefficient (Wildman–Crippen LogP) is 2.43. The smallest absolute Gasteiger partial charge is 0.215 e. The Morgan fingerprint density at radius 3 is 2.60 bits per heavy atom. The van der Waals surface area contributed by atoms with Crippen LogP contribution in [0.3, 0.4) is 0 Å². The van der Waals surface area contributed by atoms with Crippen molar-refractivity contribution in [2.24, 2.45) is 0 Å². The molecule has 1 atom stereocenters. The minimum atomic E-state index is -3.52. The maximum absolute atomic E-state index is 12.5. The Kier molecular flexibility index (Phi) is 6.14. The van der Waals surface area contributed by atoms with Crippen LogP contribution < -0.4 is 4.72 Å². The highest BCUT2D eigenvalue weighted by Crippen LogP contribution is 2.23. The van der Waals surface area contributed by atoms with Crippen LogP contribution in [0.1, 0.15) is 17.4 Å². The van der Waals surface area contributed by atoms with Gasteiger partial charge in [0.1, 0.15) is 5.76 Å².